The predicted octanol–water partition coefficient (Wildman–Crippen LogP) is 2.90. The van der Waals surface area contributed by atoms with Crippen LogP contribution in [0, 0.1) is 5.82 Å². The van der Waals surface area contributed by atoms with E-state index >= 15 is 0 Å². The number of benzene rings is 2. The van der Waals surface area contributed by atoms with E-state index in [1.165, 1.54) is 12.1 Å². The van der Waals surface area contributed by atoms with Crippen LogP contribution in [0.25, 0.3) is 0 Å². The molecule has 0 spiro atoms. The van der Waals surface area contributed by atoms with E-state index in [0.717, 1.165) is 16.8 Å². The minimum absolute atomic E-state index is 0.208. The van der Waals surface area contributed by atoms with Crippen LogP contribution in [0.15, 0.2) is 48.5 Å². The first-order valence-corrected chi connectivity index (χ1v) is 5.55. The summed E-state index contributed by atoms with van der Waals surface area (Å²) in [7, 11) is 0. The smallest absolute Gasteiger partial charge is 0.123 e. The van der Waals surface area contributed by atoms with Gasteiger partial charge in [-0.05, 0) is 35.4 Å². The maximum absolute atomic E-state index is 13.0. The SMILES string of the molecule is NCc1cccc(NCc2cccc(F)c2)c1. The molecular formula is C14H15FN2. The van der Waals surface area contributed by atoms with E-state index in [-0.39, 0.29) is 5.82 Å². The van der Waals surface area contributed by atoms with Crippen LogP contribution >= 0.6 is 0 Å². The number of anilines is 1. The van der Waals surface area contributed by atoms with Crippen LogP contribution in [0.5, 0.6) is 0 Å². The Kier molecular flexibility index (Phi) is 3.73. The fraction of sp³-hybridized carbons (Fsp3) is 0.143. The lowest BCUT2D eigenvalue weighted by Crippen LogP contribution is -2.01. The Morgan fingerprint density at radius 3 is 2.53 bits per heavy atom. The van der Waals surface area contributed by atoms with Gasteiger partial charge in [0.05, 0.1) is 0 Å². The van der Waals surface area contributed by atoms with Crippen molar-refractivity contribution in [1.29, 1.82) is 0 Å². The van der Waals surface area contributed by atoms with Gasteiger partial charge in [-0.2, -0.15) is 0 Å². The topological polar surface area (TPSA) is 38.0 Å². The maximum atomic E-state index is 13.0. The van der Waals surface area contributed by atoms with Crippen molar-refractivity contribution >= 4 is 5.69 Å². The zero-order chi connectivity index (χ0) is 12.1. The molecule has 0 bridgehead atoms. The molecule has 0 saturated heterocycles. The Bertz CT molecular complexity index is 497. The van der Waals surface area contributed by atoms with E-state index in [1.54, 1.807) is 6.07 Å². The summed E-state index contributed by atoms with van der Waals surface area (Å²) in [6, 6.07) is 14.5. The second kappa shape index (κ2) is 5.46. The largest absolute Gasteiger partial charge is 0.381 e. The predicted molar refractivity (Wildman–Crippen MR) is 68.1 cm³/mol. The number of nitrogens with two attached hydrogens (primary N) is 1. The van der Waals surface area contributed by atoms with Crippen molar-refractivity contribution in [2.24, 2.45) is 5.73 Å². The summed E-state index contributed by atoms with van der Waals surface area (Å²) < 4.78 is 13.0. The molecule has 0 atom stereocenters. The van der Waals surface area contributed by atoms with Crippen LogP contribution in [0.2, 0.25) is 0 Å². The zero-order valence-electron chi connectivity index (χ0n) is 9.49. The monoisotopic (exact) mass is 230 g/mol. The minimum Gasteiger partial charge on any atom is -0.381 e. The minimum atomic E-state index is -0.208. The quantitative estimate of drug-likeness (QED) is 0.847. The lowest BCUT2D eigenvalue weighted by molar-refractivity contribution is 0.626. The van der Waals surface area contributed by atoms with Crippen molar-refractivity contribution in [2.75, 3.05) is 5.32 Å². The molecule has 0 aromatic heterocycles. The van der Waals surface area contributed by atoms with Crippen LogP contribution in [0.4, 0.5) is 10.1 Å². The molecule has 2 aromatic carbocycles. The third kappa shape index (κ3) is 3.29. The Balaban J connectivity index is 2.02. The fourth-order valence-electron chi connectivity index (χ4n) is 1.66. The number of hydrogen-bond acceptors (Lipinski definition) is 2. The molecule has 3 N–H and O–H groups in total. The third-order valence-electron chi connectivity index (χ3n) is 2.55. The van der Waals surface area contributed by atoms with Crippen molar-refractivity contribution in [3.63, 3.8) is 0 Å². The number of hydrogen-bond donors (Lipinski definition) is 2. The van der Waals surface area contributed by atoms with Crippen molar-refractivity contribution < 1.29 is 4.39 Å². The van der Waals surface area contributed by atoms with E-state index in [0.29, 0.717) is 13.1 Å². The highest BCUT2D eigenvalue weighted by Crippen LogP contribution is 2.12. The van der Waals surface area contributed by atoms with Crippen molar-refractivity contribution in [1.82, 2.24) is 0 Å². The van der Waals surface area contributed by atoms with Gasteiger partial charge >= 0.3 is 0 Å². The van der Waals surface area contributed by atoms with Crippen molar-refractivity contribution in [3.8, 4) is 0 Å². The molecule has 88 valence electrons. The molecule has 3 heteroatoms. The van der Waals surface area contributed by atoms with Gasteiger partial charge in [-0.15, -0.1) is 0 Å². The third-order valence-corrected chi connectivity index (χ3v) is 2.55. The highest BCUT2D eigenvalue weighted by molar-refractivity contribution is 5.46. The molecule has 17 heavy (non-hydrogen) atoms. The lowest BCUT2D eigenvalue weighted by atomic mass is 10.2. The van der Waals surface area contributed by atoms with Gasteiger partial charge in [0, 0.05) is 18.8 Å². The van der Waals surface area contributed by atoms with Gasteiger partial charge in [-0.3, -0.25) is 0 Å². The van der Waals surface area contributed by atoms with E-state index < -0.39 is 0 Å². The highest BCUT2D eigenvalue weighted by Gasteiger charge is 1.97. The van der Waals surface area contributed by atoms with Crippen LogP contribution < -0.4 is 11.1 Å². The first-order valence-electron chi connectivity index (χ1n) is 5.55. The molecule has 0 aliphatic carbocycles. The summed E-state index contributed by atoms with van der Waals surface area (Å²) in [6.07, 6.45) is 0. The molecule has 2 aromatic rings. The lowest BCUT2D eigenvalue weighted by Gasteiger charge is -2.08. The van der Waals surface area contributed by atoms with Gasteiger partial charge in [-0.1, -0.05) is 24.3 Å². The first-order chi connectivity index (χ1) is 8.28. The molecule has 0 fully saturated rings. The van der Waals surface area contributed by atoms with E-state index in [9.17, 15) is 4.39 Å². The van der Waals surface area contributed by atoms with Crippen molar-refractivity contribution in [3.05, 3.63) is 65.5 Å². The van der Waals surface area contributed by atoms with Crippen LogP contribution in [-0.2, 0) is 13.1 Å². The molecule has 2 nitrogen and oxygen atoms in total. The van der Waals surface area contributed by atoms with Gasteiger partial charge in [0.2, 0.25) is 0 Å². The van der Waals surface area contributed by atoms with Crippen molar-refractivity contribution in [2.45, 2.75) is 13.1 Å². The maximum Gasteiger partial charge on any atom is 0.123 e. The number of halogens is 1. The molecule has 0 heterocycles. The molecule has 0 unspecified atom stereocenters. The normalized spacial score (nSPS) is 10.2. The molecule has 0 aliphatic rings. The standard InChI is InChI=1S/C14H15FN2/c15-13-5-1-4-12(7-13)10-17-14-6-2-3-11(8-14)9-16/h1-8,17H,9-10,16H2. The van der Waals surface area contributed by atoms with Gasteiger partial charge < -0.3 is 11.1 Å². The number of nitrogens with one attached hydrogen (secondary N) is 1. The summed E-state index contributed by atoms with van der Waals surface area (Å²) >= 11 is 0. The zero-order valence-corrected chi connectivity index (χ0v) is 9.49. The Morgan fingerprint density at radius 2 is 1.76 bits per heavy atom. The van der Waals surface area contributed by atoms with Crippen LogP contribution in [0.3, 0.4) is 0 Å². The van der Waals surface area contributed by atoms with Gasteiger partial charge in [-0.25, -0.2) is 4.39 Å². The molecule has 0 radical (unpaired) electrons. The Morgan fingerprint density at radius 1 is 1.00 bits per heavy atom. The van der Waals surface area contributed by atoms with Gasteiger partial charge in [0.1, 0.15) is 5.82 Å². The summed E-state index contributed by atoms with van der Waals surface area (Å²) in [4.78, 5) is 0. The molecule has 0 aliphatic heterocycles. The summed E-state index contributed by atoms with van der Waals surface area (Å²) in [5, 5.41) is 3.24. The van der Waals surface area contributed by atoms with Crippen LogP contribution in [-0.4, -0.2) is 0 Å². The van der Waals surface area contributed by atoms with E-state index in [2.05, 4.69) is 5.32 Å². The average Bonchev–Trinajstić information content (AvgIpc) is 2.37. The molecule has 0 amide bonds. The second-order valence-corrected chi connectivity index (χ2v) is 3.89. The van der Waals surface area contributed by atoms with Gasteiger partial charge in [0.15, 0.2) is 0 Å². The fourth-order valence-corrected chi connectivity index (χ4v) is 1.66. The summed E-state index contributed by atoms with van der Waals surface area (Å²) in [5.41, 5.74) is 8.56. The van der Waals surface area contributed by atoms with Gasteiger partial charge in [0.25, 0.3) is 0 Å². The first kappa shape index (κ1) is 11.6. The van der Waals surface area contributed by atoms with Crippen LogP contribution in [0.1, 0.15) is 11.1 Å². The Hall–Kier alpha value is -1.87. The molecular weight excluding hydrogens is 215 g/mol. The summed E-state index contributed by atoms with van der Waals surface area (Å²) in [6.45, 7) is 1.13. The summed E-state index contributed by atoms with van der Waals surface area (Å²) in [5.74, 6) is -0.208. The highest BCUT2D eigenvalue weighted by atomic mass is 19.1. The van der Waals surface area contributed by atoms with E-state index in [4.69, 9.17) is 5.73 Å². The molecule has 0 saturated carbocycles. The Labute approximate surface area is 100 Å². The average molecular weight is 230 g/mol. The second-order valence-electron chi connectivity index (χ2n) is 3.89. The number of rotatable bonds is 4. The molecule has 2 rings (SSSR count). The van der Waals surface area contributed by atoms with E-state index in [1.807, 2.05) is 30.3 Å².